The summed E-state index contributed by atoms with van der Waals surface area (Å²) >= 11 is 0. The fourth-order valence-corrected chi connectivity index (χ4v) is 4.07. The molecule has 1 saturated carbocycles. The van der Waals surface area contributed by atoms with Crippen molar-refractivity contribution in [1.82, 2.24) is 4.90 Å². The summed E-state index contributed by atoms with van der Waals surface area (Å²) in [5.41, 5.74) is 1.60. The van der Waals surface area contributed by atoms with Crippen LogP contribution in [0.5, 0.6) is 0 Å². The Kier molecular flexibility index (Phi) is 4.56. The highest BCUT2D eigenvalue weighted by Gasteiger charge is 2.47. The lowest BCUT2D eigenvalue weighted by Crippen LogP contribution is -2.50. The summed E-state index contributed by atoms with van der Waals surface area (Å²) in [4.78, 5) is 41.7. The third kappa shape index (κ3) is 3.16. The van der Waals surface area contributed by atoms with E-state index in [9.17, 15) is 14.4 Å². The molecule has 0 bridgehead atoms. The maximum Gasteiger partial charge on any atom is 0.290 e. The summed E-state index contributed by atoms with van der Waals surface area (Å²) in [6, 6.07) is 9.70. The summed E-state index contributed by atoms with van der Waals surface area (Å²) in [6.45, 7) is 1.95. The van der Waals surface area contributed by atoms with E-state index in [1.807, 2.05) is 19.1 Å². The summed E-state index contributed by atoms with van der Waals surface area (Å²) < 4.78 is 5.28. The smallest absolute Gasteiger partial charge is 0.290 e. The van der Waals surface area contributed by atoms with Gasteiger partial charge in [0.05, 0.1) is 18.4 Å². The topological polar surface area (TPSA) is 70.8 Å². The van der Waals surface area contributed by atoms with Crippen molar-refractivity contribution in [2.75, 3.05) is 4.90 Å². The van der Waals surface area contributed by atoms with Gasteiger partial charge in [-0.05, 0) is 44.0 Å². The maximum absolute atomic E-state index is 13.2. The van der Waals surface area contributed by atoms with Gasteiger partial charge < -0.3 is 9.32 Å². The van der Waals surface area contributed by atoms with Crippen LogP contribution in [0, 0.1) is 6.92 Å². The molecule has 6 nitrogen and oxygen atoms in total. The Hall–Kier alpha value is -2.89. The van der Waals surface area contributed by atoms with Gasteiger partial charge in [0.2, 0.25) is 5.91 Å². The number of carbonyl (C=O) groups excluding carboxylic acids is 3. The minimum absolute atomic E-state index is 0.00958. The zero-order valence-corrected chi connectivity index (χ0v) is 15.3. The van der Waals surface area contributed by atoms with Crippen LogP contribution >= 0.6 is 0 Å². The molecular formula is C21H22N2O4. The Balaban J connectivity index is 1.66. The van der Waals surface area contributed by atoms with Gasteiger partial charge in [-0.1, -0.05) is 30.5 Å². The molecule has 140 valence electrons. The third-order valence-corrected chi connectivity index (χ3v) is 5.44. The Morgan fingerprint density at radius 2 is 1.81 bits per heavy atom. The van der Waals surface area contributed by atoms with Crippen LogP contribution in [-0.4, -0.2) is 34.7 Å². The van der Waals surface area contributed by atoms with Gasteiger partial charge >= 0.3 is 0 Å². The molecule has 1 unspecified atom stereocenters. The van der Waals surface area contributed by atoms with Crippen LogP contribution < -0.4 is 4.90 Å². The average molecular weight is 366 g/mol. The van der Waals surface area contributed by atoms with Gasteiger partial charge in [-0.25, -0.2) is 4.90 Å². The molecule has 1 atom stereocenters. The summed E-state index contributed by atoms with van der Waals surface area (Å²) in [7, 11) is 0. The van der Waals surface area contributed by atoms with Crippen LogP contribution in [-0.2, 0) is 9.59 Å². The number of anilines is 1. The van der Waals surface area contributed by atoms with E-state index in [-0.39, 0.29) is 35.9 Å². The van der Waals surface area contributed by atoms with Crippen LogP contribution in [0.15, 0.2) is 47.1 Å². The number of hydrogen-bond acceptors (Lipinski definition) is 4. The molecule has 6 heteroatoms. The molecule has 4 rings (SSSR count). The van der Waals surface area contributed by atoms with Crippen molar-refractivity contribution in [2.45, 2.75) is 51.1 Å². The van der Waals surface area contributed by atoms with Crippen LogP contribution in [0.1, 0.15) is 48.2 Å². The van der Waals surface area contributed by atoms with Crippen molar-refractivity contribution in [2.24, 2.45) is 0 Å². The van der Waals surface area contributed by atoms with Crippen molar-refractivity contribution in [1.29, 1.82) is 0 Å². The number of hydrogen-bond donors (Lipinski definition) is 0. The lowest BCUT2D eigenvalue weighted by atomic mass is 10.1. The molecule has 1 aromatic carbocycles. The molecular weight excluding hydrogens is 344 g/mol. The molecule has 1 aromatic heterocycles. The highest BCUT2D eigenvalue weighted by atomic mass is 16.3. The van der Waals surface area contributed by atoms with Crippen LogP contribution in [0.3, 0.4) is 0 Å². The normalized spacial score (nSPS) is 20.5. The Bertz CT molecular complexity index is 851. The van der Waals surface area contributed by atoms with E-state index in [0.29, 0.717) is 5.69 Å². The second kappa shape index (κ2) is 7.02. The fourth-order valence-electron chi connectivity index (χ4n) is 4.07. The number of imide groups is 1. The number of amides is 3. The molecule has 2 heterocycles. The summed E-state index contributed by atoms with van der Waals surface area (Å²) in [5, 5.41) is 0. The van der Waals surface area contributed by atoms with E-state index < -0.39 is 6.04 Å². The first kappa shape index (κ1) is 17.5. The van der Waals surface area contributed by atoms with E-state index in [4.69, 9.17) is 4.42 Å². The standard InChI is InChI=1S/C21H22N2O4/c1-14-8-10-16(11-9-14)23-19(24)13-17(20(23)25)22(15-5-2-3-6-15)21(26)18-7-4-12-27-18/h4,7-12,15,17H,2-3,5-6,13H2,1H3. The minimum atomic E-state index is -0.778. The summed E-state index contributed by atoms with van der Waals surface area (Å²) in [6.07, 6.45) is 5.17. The molecule has 2 aliphatic rings. The monoisotopic (exact) mass is 366 g/mol. The minimum Gasteiger partial charge on any atom is -0.459 e. The first-order valence-electron chi connectivity index (χ1n) is 9.36. The number of nitrogens with zero attached hydrogens (tertiary/aromatic N) is 2. The van der Waals surface area contributed by atoms with Crippen molar-refractivity contribution in [3.8, 4) is 0 Å². The number of carbonyl (C=O) groups is 3. The van der Waals surface area contributed by atoms with Gasteiger partial charge in [0.1, 0.15) is 6.04 Å². The quantitative estimate of drug-likeness (QED) is 0.779. The zero-order valence-electron chi connectivity index (χ0n) is 15.3. The van der Waals surface area contributed by atoms with Crippen molar-refractivity contribution >= 4 is 23.4 Å². The van der Waals surface area contributed by atoms with Gasteiger partial charge in [-0.3, -0.25) is 14.4 Å². The Morgan fingerprint density at radius 3 is 2.44 bits per heavy atom. The van der Waals surface area contributed by atoms with E-state index in [2.05, 4.69) is 0 Å². The SMILES string of the molecule is Cc1ccc(N2C(=O)CC(N(C(=O)c3ccco3)C3CCCC3)C2=O)cc1. The van der Waals surface area contributed by atoms with E-state index in [1.54, 1.807) is 29.2 Å². The molecule has 0 spiro atoms. The first-order valence-corrected chi connectivity index (χ1v) is 9.36. The van der Waals surface area contributed by atoms with Gasteiger partial charge in [0.15, 0.2) is 5.76 Å². The van der Waals surface area contributed by atoms with Crippen molar-refractivity contribution < 1.29 is 18.8 Å². The van der Waals surface area contributed by atoms with Gasteiger partial charge in [-0.15, -0.1) is 0 Å². The molecule has 0 radical (unpaired) electrons. The van der Waals surface area contributed by atoms with E-state index >= 15 is 0 Å². The fraction of sp³-hybridized carbons (Fsp3) is 0.381. The van der Waals surface area contributed by atoms with Crippen molar-refractivity contribution in [3.63, 3.8) is 0 Å². The number of aryl methyl sites for hydroxylation is 1. The molecule has 1 saturated heterocycles. The zero-order chi connectivity index (χ0) is 19.0. The number of benzene rings is 1. The molecule has 0 N–H and O–H groups in total. The molecule has 1 aliphatic carbocycles. The largest absolute Gasteiger partial charge is 0.459 e. The molecule has 3 amide bonds. The molecule has 1 aliphatic heterocycles. The third-order valence-electron chi connectivity index (χ3n) is 5.44. The maximum atomic E-state index is 13.2. The lowest BCUT2D eigenvalue weighted by Gasteiger charge is -2.32. The van der Waals surface area contributed by atoms with Crippen LogP contribution in [0.2, 0.25) is 0 Å². The van der Waals surface area contributed by atoms with Crippen LogP contribution in [0.4, 0.5) is 5.69 Å². The predicted octanol–water partition coefficient (Wildman–Crippen LogP) is 3.30. The Morgan fingerprint density at radius 1 is 1.11 bits per heavy atom. The van der Waals surface area contributed by atoms with Gasteiger partial charge in [0.25, 0.3) is 11.8 Å². The molecule has 2 fully saturated rings. The average Bonchev–Trinajstić information content (AvgIpc) is 3.40. The molecule has 2 aromatic rings. The lowest BCUT2D eigenvalue weighted by molar-refractivity contribution is -0.123. The predicted molar refractivity (Wildman–Crippen MR) is 99.2 cm³/mol. The highest BCUT2D eigenvalue weighted by molar-refractivity contribution is 6.23. The van der Waals surface area contributed by atoms with Gasteiger partial charge in [-0.2, -0.15) is 0 Å². The highest BCUT2D eigenvalue weighted by Crippen LogP contribution is 2.32. The second-order valence-corrected chi connectivity index (χ2v) is 7.25. The first-order chi connectivity index (χ1) is 13.1. The van der Waals surface area contributed by atoms with E-state index in [0.717, 1.165) is 31.2 Å². The summed E-state index contributed by atoms with van der Waals surface area (Å²) in [5.74, 6) is -0.723. The number of rotatable bonds is 4. The molecule has 27 heavy (non-hydrogen) atoms. The number of furan rings is 1. The van der Waals surface area contributed by atoms with Crippen LogP contribution in [0.25, 0.3) is 0 Å². The van der Waals surface area contributed by atoms with Gasteiger partial charge in [0, 0.05) is 6.04 Å². The Labute approximate surface area is 157 Å². The van der Waals surface area contributed by atoms with E-state index in [1.165, 1.54) is 11.2 Å². The second-order valence-electron chi connectivity index (χ2n) is 7.25. The van der Waals surface area contributed by atoms with Crippen molar-refractivity contribution in [3.05, 3.63) is 54.0 Å².